The largest absolute Gasteiger partial charge is 0.416 e. The van der Waals surface area contributed by atoms with Crippen molar-refractivity contribution in [3.05, 3.63) is 58.7 Å². The van der Waals surface area contributed by atoms with E-state index in [-0.39, 0.29) is 5.69 Å². The number of carbonyl (C=O) groups is 1. The molecule has 28 heavy (non-hydrogen) atoms. The molecule has 0 aliphatic carbocycles. The Morgan fingerprint density at radius 1 is 1.04 bits per heavy atom. The van der Waals surface area contributed by atoms with Crippen molar-refractivity contribution in [3.8, 4) is 0 Å². The summed E-state index contributed by atoms with van der Waals surface area (Å²) in [5.74, 6) is -0.662. The number of carbonyl (C=O) groups excluding carboxylic acids is 1. The van der Waals surface area contributed by atoms with Crippen LogP contribution in [0, 0.1) is 20.8 Å². The second-order valence-electron chi connectivity index (χ2n) is 6.64. The number of nitrogens with zero attached hydrogens (tertiary/aromatic N) is 1. The van der Waals surface area contributed by atoms with E-state index in [9.17, 15) is 26.4 Å². The van der Waals surface area contributed by atoms with Gasteiger partial charge in [0, 0.05) is 5.69 Å². The highest BCUT2D eigenvalue weighted by Crippen LogP contribution is 2.30. The molecule has 0 heterocycles. The number of aryl methyl sites for hydroxylation is 3. The van der Waals surface area contributed by atoms with Crippen LogP contribution in [0.1, 0.15) is 22.3 Å². The van der Waals surface area contributed by atoms with E-state index in [1.807, 2.05) is 19.1 Å². The lowest BCUT2D eigenvalue weighted by molar-refractivity contribution is -0.137. The number of sulfonamides is 1. The minimum Gasteiger partial charge on any atom is -0.325 e. The van der Waals surface area contributed by atoms with Crippen molar-refractivity contribution < 1.29 is 26.4 Å². The van der Waals surface area contributed by atoms with Crippen molar-refractivity contribution in [2.24, 2.45) is 0 Å². The fraction of sp³-hybridized carbons (Fsp3) is 0.316. The SMILES string of the molecule is Cc1cc(C)c(N(CC(=O)Nc2ccc(C(F)(F)F)cc2)S(C)(=O)=O)c(C)c1. The zero-order valence-corrected chi connectivity index (χ0v) is 16.7. The summed E-state index contributed by atoms with van der Waals surface area (Å²) in [4.78, 5) is 12.4. The molecule has 152 valence electrons. The lowest BCUT2D eigenvalue weighted by Gasteiger charge is -2.26. The molecule has 2 aromatic carbocycles. The highest BCUT2D eigenvalue weighted by atomic mass is 32.2. The van der Waals surface area contributed by atoms with Crippen LogP contribution in [0.25, 0.3) is 0 Å². The van der Waals surface area contributed by atoms with Gasteiger partial charge in [-0.05, 0) is 56.2 Å². The van der Waals surface area contributed by atoms with Gasteiger partial charge >= 0.3 is 6.18 Å². The highest BCUT2D eigenvalue weighted by molar-refractivity contribution is 7.92. The van der Waals surface area contributed by atoms with E-state index in [0.717, 1.165) is 40.4 Å². The average Bonchev–Trinajstić information content (AvgIpc) is 2.51. The van der Waals surface area contributed by atoms with Crippen LogP contribution in [-0.4, -0.2) is 27.1 Å². The Hall–Kier alpha value is -2.55. The van der Waals surface area contributed by atoms with Crippen LogP contribution in [0.3, 0.4) is 0 Å². The van der Waals surface area contributed by atoms with Crippen LogP contribution >= 0.6 is 0 Å². The molecule has 0 atom stereocenters. The van der Waals surface area contributed by atoms with Crippen LogP contribution in [0.5, 0.6) is 0 Å². The van der Waals surface area contributed by atoms with Gasteiger partial charge in [-0.15, -0.1) is 0 Å². The molecular formula is C19H21F3N2O3S. The third-order valence-electron chi connectivity index (χ3n) is 4.07. The second kappa shape index (κ2) is 7.83. The molecule has 2 aromatic rings. The Balaban J connectivity index is 2.26. The summed E-state index contributed by atoms with van der Waals surface area (Å²) in [5.41, 5.74) is 2.07. The van der Waals surface area contributed by atoms with Crippen molar-refractivity contribution >= 4 is 27.3 Å². The number of amides is 1. The van der Waals surface area contributed by atoms with Gasteiger partial charge in [-0.3, -0.25) is 9.10 Å². The van der Waals surface area contributed by atoms with Crippen LogP contribution in [-0.2, 0) is 21.0 Å². The topological polar surface area (TPSA) is 66.5 Å². The number of benzene rings is 2. The van der Waals surface area contributed by atoms with Gasteiger partial charge in [0.15, 0.2) is 0 Å². The maximum atomic E-state index is 12.6. The van der Waals surface area contributed by atoms with Gasteiger partial charge in [-0.2, -0.15) is 13.2 Å². The van der Waals surface area contributed by atoms with Gasteiger partial charge < -0.3 is 5.32 Å². The summed E-state index contributed by atoms with van der Waals surface area (Å²) >= 11 is 0. The Morgan fingerprint density at radius 3 is 1.96 bits per heavy atom. The van der Waals surface area contributed by atoms with Crippen molar-refractivity contribution in [2.45, 2.75) is 26.9 Å². The molecule has 0 spiro atoms. The zero-order chi connectivity index (χ0) is 21.3. The van der Waals surface area contributed by atoms with Crippen LogP contribution in [0.15, 0.2) is 36.4 Å². The Bertz CT molecular complexity index is 961. The number of hydrogen-bond acceptors (Lipinski definition) is 3. The normalized spacial score (nSPS) is 12.0. The highest BCUT2D eigenvalue weighted by Gasteiger charge is 2.30. The summed E-state index contributed by atoms with van der Waals surface area (Å²) in [6.45, 7) is 4.89. The van der Waals surface area contributed by atoms with Crippen LogP contribution in [0.4, 0.5) is 24.5 Å². The number of hydrogen-bond donors (Lipinski definition) is 1. The van der Waals surface area contributed by atoms with E-state index in [4.69, 9.17) is 0 Å². The van der Waals surface area contributed by atoms with Crippen LogP contribution < -0.4 is 9.62 Å². The summed E-state index contributed by atoms with van der Waals surface area (Å²) in [6, 6.07) is 7.56. The number of anilines is 2. The minimum atomic E-state index is -4.48. The fourth-order valence-corrected chi connectivity index (χ4v) is 3.97. The van der Waals surface area contributed by atoms with Crippen molar-refractivity contribution in [3.63, 3.8) is 0 Å². The first-order chi connectivity index (χ1) is 12.8. The van der Waals surface area contributed by atoms with Gasteiger partial charge in [0.1, 0.15) is 6.54 Å². The molecule has 0 bridgehead atoms. The third kappa shape index (κ3) is 5.25. The molecule has 1 N–H and O–H groups in total. The van der Waals surface area contributed by atoms with Gasteiger partial charge in [-0.1, -0.05) is 17.7 Å². The van der Waals surface area contributed by atoms with Gasteiger partial charge in [0.05, 0.1) is 17.5 Å². The van der Waals surface area contributed by atoms with Crippen LogP contribution in [0.2, 0.25) is 0 Å². The van der Waals surface area contributed by atoms with Gasteiger partial charge in [0.2, 0.25) is 15.9 Å². The predicted molar refractivity (Wildman–Crippen MR) is 103 cm³/mol. The lowest BCUT2D eigenvalue weighted by Crippen LogP contribution is -2.38. The summed E-state index contributed by atoms with van der Waals surface area (Å²) in [6.07, 6.45) is -3.48. The molecule has 5 nitrogen and oxygen atoms in total. The first kappa shape index (κ1) is 21.7. The summed E-state index contributed by atoms with van der Waals surface area (Å²) in [5, 5.41) is 2.43. The smallest absolute Gasteiger partial charge is 0.325 e. The number of rotatable bonds is 5. The van der Waals surface area contributed by atoms with E-state index in [1.54, 1.807) is 13.8 Å². The van der Waals surface area contributed by atoms with E-state index in [2.05, 4.69) is 5.32 Å². The molecule has 0 saturated carbocycles. The molecule has 0 aliphatic heterocycles. The van der Waals surface area contributed by atoms with Gasteiger partial charge in [0.25, 0.3) is 0 Å². The van der Waals surface area contributed by atoms with Crippen molar-refractivity contribution in [2.75, 3.05) is 22.4 Å². The molecule has 0 radical (unpaired) electrons. The Labute approximate surface area is 162 Å². The average molecular weight is 414 g/mol. The molecule has 0 unspecified atom stereocenters. The maximum Gasteiger partial charge on any atom is 0.416 e. The maximum absolute atomic E-state index is 12.6. The monoisotopic (exact) mass is 414 g/mol. The standard InChI is InChI=1S/C19H21F3N2O3S/c1-12-9-13(2)18(14(3)10-12)24(28(4,26)27)11-17(25)23-16-7-5-15(6-8-16)19(20,21)22/h5-10H,11H2,1-4H3,(H,23,25). The third-order valence-corrected chi connectivity index (χ3v) is 5.18. The summed E-state index contributed by atoms with van der Waals surface area (Å²) < 4.78 is 63.4. The first-order valence-electron chi connectivity index (χ1n) is 8.31. The number of halogens is 3. The minimum absolute atomic E-state index is 0.142. The lowest BCUT2D eigenvalue weighted by atomic mass is 10.1. The van der Waals surface area contributed by atoms with Crippen molar-refractivity contribution in [1.29, 1.82) is 0 Å². The first-order valence-corrected chi connectivity index (χ1v) is 10.2. The molecule has 2 rings (SSSR count). The molecule has 9 heteroatoms. The summed E-state index contributed by atoms with van der Waals surface area (Å²) in [7, 11) is -3.77. The predicted octanol–water partition coefficient (Wildman–Crippen LogP) is 4.04. The van der Waals surface area contributed by atoms with E-state index in [0.29, 0.717) is 16.8 Å². The van der Waals surface area contributed by atoms with E-state index in [1.165, 1.54) is 0 Å². The zero-order valence-electron chi connectivity index (χ0n) is 15.9. The molecule has 0 aromatic heterocycles. The molecule has 0 saturated heterocycles. The quantitative estimate of drug-likeness (QED) is 0.803. The Kier molecular flexibility index (Phi) is 6.08. The number of nitrogens with one attached hydrogen (secondary N) is 1. The molecule has 1 amide bonds. The molecular weight excluding hydrogens is 393 g/mol. The fourth-order valence-electron chi connectivity index (χ4n) is 3.00. The van der Waals surface area contributed by atoms with Gasteiger partial charge in [-0.25, -0.2) is 8.42 Å². The molecule has 0 aliphatic rings. The van der Waals surface area contributed by atoms with E-state index >= 15 is 0 Å². The van der Waals surface area contributed by atoms with E-state index < -0.39 is 34.2 Å². The number of alkyl halides is 3. The second-order valence-corrected chi connectivity index (χ2v) is 8.55. The Morgan fingerprint density at radius 2 is 1.54 bits per heavy atom. The van der Waals surface area contributed by atoms with Crippen molar-refractivity contribution in [1.82, 2.24) is 0 Å². The molecule has 0 fully saturated rings.